The Bertz CT molecular complexity index is 1360. The number of halogens is 5. The summed E-state index contributed by atoms with van der Waals surface area (Å²) in [6, 6.07) is 11.0. The van der Waals surface area contributed by atoms with Crippen molar-refractivity contribution in [2.24, 2.45) is 0 Å². The number of hydrogen-bond acceptors (Lipinski definition) is 5. The van der Waals surface area contributed by atoms with Gasteiger partial charge in [0.25, 0.3) is 23.4 Å². The molecule has 0 saturated heterocycles. The molecular formula is C22H10Cl5N3O5. The minimum Gasteiger partial charge on any atom is -0.267 e. The predicted octanol–water partition coefficient (Wildman–Crippen LogP) is 6.72. The fraction of sp³-hybridized carbons (Fsp3) is 0.0455. The Morgan fingerprint density at radius 3 is 1.74 bits per heavy atom. The number of nitro benzene ring substituents is 1. The van der Waals surface area contributed by atoms with E-state index in [0.717, 1.165) is 17.1 Å². The normalized spacial score (nSPS) is 12.7. The van der Waals surface area contributed by atoms with Gasteiger partial charge < -0.3 is 0 Å². The molecule has 1 aliphatic heterocycles. The van der Waals surface area contributed by atoms with E-state index in [2.05, 4.69) is 0 Å². The standard InChI is InChI=1S/C22H10Cl5N3O5/c23-12-5-1-10(2-6-12)9-28(20(31)11-3-7-13(8-4-11)30(34)35)29-21(32)14-15(22(29)33)17(25)19(27)18(26)16(14)24/h1-8H,9H2. The second kappa shape index (κ2) is 9.64. The summed E-state index contributed by atoms with van der Waals surface area (Å²) in [4.78, 5) is 50.6. The van der Waals surface area contributed by atoms with E-state index in [-0.39, 0.29) is 49.0 Å². The summed E-state index contributed by atoms with van der Waals surface area (Å²) in [5, 5.41) is 11.9. The van der Waals surface area contributed by atoms with E-state index in [4.69, 9.17) is 58.0 Å². The van der Waals surface area contributed by atoms with Gasteiger partial charge in [-0.1, -0.05) is 70.1 Å². The maximum absolute atomic E-state index is 13.5. The highest BCUT2D eigenvalue weighted by molar-refractivity contribution is 6.55. The molecule has 0 atom stereocenters. The number of non-ortho nitro benzene ring substituents is 1. The Labute approximate surface area is 222 Å². The topological polar surface area (TPSA) is 101 Å². The van der Waals surface area contributed by atoms with Crippen molar-refractivity contribution in [2.45, 2.75) is 6.54 Å². The van der Waals surface area contributed by atoms with Crippen LogP contribution in [0, 0.1) is 10.1 Å². The quantitative estimate of drug-likeness (QED) is 0.111. The number of fused-ring (bicyclic) bond motifs is 1. The number of nitrogens with zero attached hydrogens (tertiary/aromatic N) is 3. The van der Waals surface area contributed by atoms with Crippen LogP contribution in [0.2, 0.25) is 25.1 Å². The summed E-state index contributed by atoms with van der Waals surface area (Å²) in [5.74, 6) is -2.69. The number of hydrazine groups is 1. The van der Waals surface area contributed by atoms with E-state index in [0.29, 0.717) is 15.6 Å². The molecule has 3 aromatic rings. The molecule has 0 bridgehead atoms. The summed E-state index contributed by atoms with van der Waals surface area (Å²) in [6.07, 6.45) is 0. The number of rotatable bonds is 5. The number of carbonyl (C=O) groups is 3. The van der Waals surface area contributed by atoms with Crippen LogP contribution in [0.5, 0.6) is 0 Å². The van der Waals surface area contributed by atoms with E-state index in [9.17, 15) is 24.5 Å². The smallest absolute Gasteiger partial charge is 0.267 e. The Morgan fingerprint density at radius 2 is 1.29 bits per heavy atom. The highest BCUT2D eigenvalue weighted by atomic mass is 35.5. The Kier molecular flexibility index (Phi) is 6.95. The molecule has 0 saturated carbocycles. The first kappa shape index (κ1) is 25.2. The van der Waals surface area contributed by atoms with Crippen LogP contribution in [0.15, 0.2) is 48.5 Å². The van der Waals surface area contributed by atoms with E-state index in [1.54, 1.807) is 24.3 Å². The van der Waals surface area contributed by atoms with Gasteiger partial charge in [0.15, 0.2) is 0 Å². The summed E-state index contributed by atoms with van der Waals surface area (Å²) >= 11 is 30.5. The third kappa shape index (κ3) is 4.44. The molecule has 1 aliphatic rings. The summed E-state index contributed by atoms with van der Waals surface area (Å²) < 4.78 is 0. The molecule has 0 spiro atoms. The molecule has 0 unspecified atom stereocenters. The van der Waals surface area contributed by atoms with Crippen LogP contribution in [-0.2, 0) is 6.54 Å². The highest BCUT2D eigenvalue weighted by Crippen LogP contribution is 2.45. The Balaban J connectivity index is 1.82. The van der Waals surface area contributed by atoms with Crippen LogP contribution in [0.3, 0.4) is 0 Å². The zero-order chi connectivity index (χ0) is 25.6. The molecule has 3 aromatic carbocycles. The maximum atomic E-state index is 13.5. The van der Waals surface area contributed by atoms with Gasteiger partial charge in [-0.05, 0) is 29.8 Å². The molecule has 8 nitrogen and oxygen atoms in total. The lowest BCUT2D eigenvalue weighted by molar-refractivity contribution is -0.384. The van der Waals surface area contributed by atoms with Crippen molar-refractivity contribution >= 4 is 81.4 Å². The SMILES string of the molecule is O=C(c1ccc([N+](=O)[O-])cc1)N(Cc1ccc(Cl)cc1)N1C(=O)c2c(Cl)c(Cl)c(Cl)c(Cl)c2C1=O. The fourth-order valence-corrected chi connectivity index (χ4v) is 4.57. The van der Waals surface area contributed by atoms with Crippen LogP contribution >= 0.6 is 58.0 Å². The summed E-state index contributed by atoms with van der Waals surface area (Å²) in [6.45, 7) is -0.241. The number of imide groups is 1. The van der Waals surface area contributed by atoms with Gasteiger partial charge in [0.2, 0.25) is 0 Å². The van der Waals surface area contributed by atoms with Crippen molar-refractivity contribution in [1.29, 1.82) is 0 Å². The minimum absolute atomic E-state index is 0.0191. The van der Waals surface area contributed by atoms with Crippen LogP contribution < -0.4 is 0 Å². The average Bonchev–Trinajstić information content (AvgIpc) is 3.10. The Hall–Kier alpha value is -2.88. The van der Waals surface area contributed by atoms with Gasteiger partial charge in [-0.2, -0.15) is 5.01 Å². The van der Waals surface area contributed by atoms with Gasteiger partial charge in [-0.3, -0.25) is 24.5 Å². The van der Waals surface area contributed by atoms with Crippen molar-refractivity contribution in [3.8, 4) is 0 Å². The van der Waals surface area contributed by atoms with Crippen molar-refractivity contribution in [1.82, 2.24) is 10.0 Å². The molecule has 0 fully saturated rings. The third-order valence-corrected chi connectivity index (χ3v) is 7.18. The van der Waals surface area contributed by atoms with Crippen LogP contribution in [0.25, 0.3) is 0 Å². The Morgan fingerprint density at radius 1 is 0.800 bits per heavy atom. The highest BCUT2D eigenvalue weighted by Gasteiger charge is 2.46. The fourth-order valence-electron chi connectivity index (χ4n) is 3.43. The predicted molar refractivity (Wildman–Crippen MR) is 131 cm³/mol. The van der Waals surface area contributed by atoms with Gasteiger partial charge in [0, 0.05) is 22.7 Å². The first-order chi connectivity index (χ1) is 16.5. The second-order valence-electron chi connectivity index (χ2n) is 7.22. The lowest BCUT2D eigenvalue weighted by atomic mass is 10.1. The number of benzene rings is 3. The van der Waals surface area contributed by atoms with Gasteiger partial charge in [-0.15, -0.1) is 0 Å². The molecular weight excluding hydrogens is 564 g/mol. The molecule has 0 radical (unpaired) electrons. The number of nitro groups is 1. The van der Waals surface area contributed by atoms with E-state index < -0.39 is 22.6 Å². The van der Waals surface area contributed by atoms with Gasteiger partial charge in [0.05, 0.1) is 42.7 Å². The molecule has 4 rings (SSSR count). The monoisotopic (exact) mass is 571 g/mol. The van der Waals surface area contributed by atoms with Crippen LogP contribution in [0.1, 0.15) is 36.6 Å². The largest absolute Gasteiger partial charge is 0.282 e. The molecule has 35 heavy (non-hydrogen) atoms. The van der Waals surface area contributed by atoms with Gasteiger partial charge >= 0.3 is 0 Å². The lowest BCUT2D eigenvalue weighted by Crippen LogP contribution is -2.49. The minimum atomic E-state index is -0.945. The number of hydrogen-bond donors (Lipinski definition) is 0. The molecule has 0 aliphatic carbocycles. The van der Waals surface area contributed by atoms with Crippen molar-refractivity contribution in [2.75, 3.05) is 0 Å². The molecule has 13 heteroatoms. The first-order valence-electron chi connectivity index (χ1n) is 9.58. The second-order valence-corrected chi connectivity index (χ2v) is 9.17. The third-order valence-electron chi connectivity index (χ3n) is 5.13. The van der Waals surface area contributed by atoms with E-state index >= 15 is 0 Å². The maximum Gasteiger partial charge on any atom is 0.282 e. The average molecular weight is 574 g/mol. The molecule has 1 heterocycles. The van der Waals surface area contributed by atoms with Gasteiger partial charge in [-0.25, -0.2) is 5.01 Å². The molecule has 3 amide bonds. The molecule has 178 valence electrons. The van der Waals surface area contributed by atoms with Gasteiger partial charge in [0.1, 0.15) is 0 Å². The summed E-state index contributed by atoms with van der Waals surface area (Å²) in [7, 11) is 0. The first-order valence-corrected chi connectivity index (χ1v) is 11.5. The van der Waals surface area contributed by atoms with E-state index in [1.165, 1.54) is 12.1 Å². The van der Waals surface area contributed by atoms with Crippen molar-refractivity contribution < 1.29 is 19.3 Å². The number of amides is 3. The van der Waals surface area contributed by atoms with Crippen LogP contribution in [0.4, 0.5) is 5.69 Å². The zero-order valence-corrected chi connectivity index (χ0v) is 20.9. The van der Waals surface area contributed by atoms with Crippen molar-refractivity contribution in [3.63, 3.8) is 0 Å². The zero-order valence-electron chi connectivity index (χ0n) is 17.1. The molecule has 0 aromatic heterocycles. The number of carbonyl (C=O) groups excluding carboxylic acids is 3. The van der Waals surface area contributed by atoms with Crippen molar-refractivity contribution in [3.05, 3.63) is 106 Å². The lowest BCUT2D eigenvalue weighted by Gasteiger charge is -2.30. The molecule has 0 N–H and O–H groups in total. The van der Waals surface area contributed by atoms with Crippen LogP contribution in [-0.4, -0.2) is 32.7 Å². The summed E-state index contributed by atoms with van der Waals surface area (Å²) in [5.41, 5.74) is -0.333. The van der Waals surface area contributed by atoms with E-state index in [1.807, 2.05) is 0 Å².